The van der Waals surface area contributed by atoms with Crippen LogP contribution >= 0.6 is 0 Å². The zero-order valence-electron chi connectivity index (χ0n) is 13.9. The minimum absolute atomic E-state index is 0.512. The number of hydrogen-bond donors (Lipinski definition) is 1. The highest BCUT2D eigenvalue weighted by Gasteiger charge is 2.15. The summed E-state index contributed by atoms with van der Waals surface area (Å²) >= 11 is 0. The van der Waals surface area contributed by atoms with Crippen LogP contribution in [-0.2, 0) is 6.54 Å². The number of pyridine rings is 1. The zero-order valence-corrected chi connectivity index (χ0v) is 13.9. The first kappa shape index (κ1) is 15.8. The van der Waals surface area contributed by atoms with Crippen molar-refractivity contribution in [3.8, 4) is 0 Å². The summed E-state index contributed by atoms with van der Waals surface area (Å²) in [4.78, 5) is 7.13. The molecule has 0 saturated heterocycles. The van der Waals surface area contributed by atoms with Crippen LogP contribution in [0.2, 0.25) is 0 Å². The predicted octanol–water partition coefficient (Wildman–Crippen LogP) is 3.83. The van der Waals surface area contributed by atoms with E-state index in [1.54, 1.807) is 0 Å². The molecule has 1 aromatic carbocycles. The van der Waals surface area contributed by atoms with Gasteiger partial charge in [-0.05, 0) is 38.4 Å². The van der Waals surface area contributed by atoms with Crippen LogP contribution in [0.15, 0.2) is 30.3 Å². The number of rotatable bonds is 6. The lowest BCUT2D eigenvalue weighted by Gasteiger charge is -2.29. The van der Waals surface area contributed by atoms with Gasteiger partial charge in [0.25, 0.3) is 0 Å². The normalized spacial score (nSPS) is 12.9. The van der Waals surface area contributed by atoms with Crippen molar-refractivity contribution in [3.05, 3.63) is 36.0 Å². The van der Waals surface area contributed by atoms with E-state index in [1.807, 2.05) is 7.05 Å². The fourth-order valence-corrected chi connectivity index (χ4v) is 2.85. The van der Waals surface area contributed by atoms with Gasteiger partial charge in [0.05, 0.1) is 11.2 Å². The molecule has 0 bridgehead atoms. The fraction of sp³-hybridized carbons (Fsp3) is 0.500. The Morgan fingerprint density at radius 1 is 1.19 bits per heavy atom. The summed E-state index contributed by atoms with van der Waals surface area (Å²) in [5.74, 6) is 0.701. The molecule has 1 N–H and O–H groups in total. The molecule has 0 aliphatic carbocycles. The lowest BCUT2D eigenvalue weighted by atomic mass is 10.0. The molecule has 21 heavy (non-hydrogen) atoms. The van der Waals surface area contributed by atoms with Crippen LogP contribution in [-0.4, -0.2) is 25.1 Å². The summed E-state index contributed by atoms with van der Waals surface area (Å²) in [7, 11) is 4.15. The topological polar surface area (TPSA) is 28.2 Å². The SMILES string of the molecule is CNCc1cc(N(C)C(C)CC(C)C)c2ccccc2n1. The van der Waals surface area contributed by atoms with Crippen molar-refractivity contribution in [1.29, 1.82) is 0 Å². The predicted molar refractivity (Wildman–Crippen MR) is 91.8 cm³/mol. The Labute approximate surface area is 128 Å². The number of anilines is 1. The lowest BCUT2D eigenvalue weighted by Crippen LogP contribution is -2.30. The maximum Gasteiger partial charge on any atom is 0.0726 e. The largest absolute Gasteiger partial charge is 0.371 e. The van der Waals surface area contributed by atoms with Crippen LogP contribution in [0.5, 0.6) is 0 Å². The summed E-state index contributed by atoms with van der Waals surface area (Å²) in [5, 5.41) is 4.43. The molecule has 2 rings (SSSR count). The van der Waals surface area contributed by atoms with Gasteiger partial charge in [-0.2, -0.15) is 0 Å². The average molecular weight is 285 g/mol. The standard InChI is InChI=1S/C18H27N3/c1-13(2)10-14(3)21(5)18-11-15(12-19-4)20-17-9-7-6-8-16(17)18/h6-9,11,13-14,19H,10,12H2,1-5H3. The van der Waals surface area contributed by atoms with E-state index in [0.717, 1.165) is 17.8 Å². The number of para-hydroxylation sites is 1. The number of nitrogens with one attached hydrogen (secondary N) is 1. The summed E-state index contributed by atoms with van der Waals surface area (Å²) in [6.07, 6.45) is 1.19. The molecule has 0 amide bonds. The van der Waals surface area contributed by atoms with Crippen LogP contribution in [0, 0.1) is 5.92 Å². The molecule has 0 aliphatic rings. The molecule has 3 nitrogen and oxygen atoms in total. The zero-order chi connectivity index (χ0) is 15.4. The van der Waals surface area contributed by atoms with E-state index in [2.05, 4.69) is 68.4 Å². The third kappa shape index (κ3) is 3.73. The first-order valence-corrected chi connectivity index (χ1v) is 7.79. The Kier molecular flexibility index (Phi) is 5.18. The maximum absolute atomic E-state index is 4.74. The minimum Gasteiger partial charge on any atom is -0.371 e. The van der Waals surface area contributed by atoms with Gasteiger partial charge in [-0.3, -0.25) is 4.98 Å². The van der Waals surface area contributed by atoms with Gasteiger partial charge in [-0.15, -0.1) is 0 Å². The first-order valence-electron chi connectivity index (χ1n) is 7.79. The number of fused-ring (bicyclic) bond motifs is 1. The Bertz CT molecular complexity index is 592. The minimum atomic E-state index is 0.512. The second kappa shape index (κ2) is 6.90. The molecular formula is C18H27N3. The van der Waals surface area contributed by atoms with Crippen molar-refractivity contribution in [2.45, 2.75) is 39.8 Å². The molecule has 1 aromatic heterocycles. The summed E-state index contributed by atoms with van der Waals surface area (Å²) in [6, 6.07) is 11.1. The van der Waals surface area contributed by atoms with Gasteiger partial charge in [-0.25, -0.2) is 0 Å². The highest BCUT2D eigenvalue weighted by molar-refractivity contribution is 5.92. The van der Waals surface area contributed by atoms with Crippen molar-refractivity contribution in [1.82, 2.24) is 10.3 Å². The molecular weight excluding hydrogens is 258 g/mol. The van der Waals surface area contributed by atoms with E-state index in [1.165, 1.54) is 17.5 Å². The smallest absolute Gasteiger partial charge is 0.0726 e. The molecule has 0 fully saturated rings. The van der Waals surface area contributed by atoms with Gasteiger partial charge in [0, 0.05) is 30.7 Å². The van der Waals surface area contributed by atoms with Gasteiger partial charge >= 0.3 is 0 Å². The van der Waals surface area contributed by atoms with Gasteiger partial charge in [0.1, 0.15) is 0 Å². The molecule has 1 heterocycles. The Morgan fingerprint density at radius 2 is 1.90 bits per heavy atom. The Balaban J connectivity index is 2.44. The Morgan fingerprint density at radius 3 is 2.57 bits per heavy atom. The van der Waals surface area contributed by atoms with E-state index in [9.17, 15) is 0 Å². The highest BCUT2D eigenvalue weighted by Crippen LogP contribution is 2.28. The van der Waals surface area contributed by atoms with Crippen molar-refractivity contribution >= 4 is 16.6 Å². The molecule has 0 aliphatic heterocycles. The van der Waals surface area contributed by atoms with Crippen LogP contribution in [0.1, 0.15) is 32.9 Å². The molecule has 0 radical (unpaired) electrons. The van der Waals surface area contributed by atoms with Gasteiger partial charge in [0.2, 0.25) is 0 Å². The van der Waals surface area contributed by atoms with Crippen molar-refractivity contribution in [2.75, 3.05) is 19.0 Å². The molecule has 1 unspecified atom stereocenters. The molecule has 0 saturated carbocycles. The first-order chi connectivity index (χ1) is 10.0. The monoisotopic (exact) mass is 285 g/mol. The quantitative estimate of drug-likeness (QED) is 0.874. The van der Waals surface area contributed by atoms with Crippen LogP contribution in [0.3, 0.4) is 0 Å². The van der Waals surface area contributed by atoms with Crippen molar-refractivity contribution in [3.63, 3.8) is 0 Å². The Hall–Kier alpha value is -1.61. The van der Waals surface area contributed by atoms with E-state index < -0.39 is 0 Å². The van der Waals surface area contributed by atoms with E-state index in [-0.39, 0.29) is 0 Å². The second-order valence-electron chi connectivity index (χ2n) is 6.27. The number of nitrogens with zero attached hydrogens (tertiary/aromatic N) is 2. The van der Waals surface area contributed by atoms with Crippen LogP contribution in [0.4, 0.5) is 5.69 Å². The van der Waals surface area contributed by atoms with Crippen molar-refractivity contribution < 1.29 is 0 Å². The third-order valence-electron chi connectivity index (χ3n) is 3.96. The van der Waals surface area contributed by atoms with E-state index in [4.69, 9.17) is 4.98 Å². The highest BCUT2D eigenvalue weighted by atomic mass is 15.1. The molecule has 114 valence electrons. The van der Waals surface area contributed by atoms with Gasteiger partial charge < -0.3 is 10.2 Å². The molecule has 3 heteroatoms. The van der Waals surface area contributed by atoms with Gasteiger partial charge in [-0.1, -0.05) is 32.0 Å². The molecule has 0 spiro atoms. The number of benzene rings is 1. The number of aromatic nitrogens is 1. The molecule has 1 atom stereocenters. The summed E-state index contributed by atoms with van der Waals surface area (Å²) in [5.41, 5.74) is 3.44. The van der Waals surface area contributed by atoms with Crippen LogP contribution in [0.25, 0.3) is 10.9 Å². The summed E-state index contributed by atoms with van der Waals surface area (Å²) in [6.45, 7) is 7.65. The van der Waals surface area contributed by atoms with Gasteiger partial charge in [0.15, 0.2) is 0 Å². The lowest BCUT2D eigenvalue weighted by molar-refractivity contribution is 0.504. The van der Waals surface area contributed by atoms with Crippen molar-refractivity contribution in [2.24, 2.45) is 5.92 Å². The fourth-order valence-electron chi connectivity index (χ4n) is 2.85. The number of hydrogen-bond acceptors (Lipinski definition) is 3. The average Bonchev–Trinajstić information content (AvgIpc) is 2.45. The second-order valence-corrected chi connectivity index (χ2v) is 6.27. The maximum atomic E-state index is 4.74. The summed E-state index contributed by atoms with van der Waals surface area (Å²) < 4.78 is 0. The third-order valence-corrected chi connectivity index (χ3v) is 3.96. The van der Waals surface area contributed by atoms with Crippen LogP contribution < -0.4 is 10.2 Å². The molecule has 2 aromatic rings. The van der Waals surface area contributed by atoms with E-state index >= 15 is 0 Å². The van der Waals surface area contributed by atoms with E-state index in [0.29, 0.717) is 12.0 Å².